The largest absolute Gasteiger partial charge is 0.512 e. The number of hydrogen-bond acceptors (Lipinski definition) is 8. The molecule has 0 spiro atoms. The van der Waals surface area contributed by atoms with Gasteiger partial charge in [0.25, 0.3) is 5.91 Å². The summed E-state index contributed by atoms with van der Waals surface area (Å²) in [6.07, 6.45) is 1.63. The average molecular weight is 521 g/mol. The van der Waals surface area contributed by atoms with E-state index in [0.717, 1.165) is 5.69 Å². The van der Waals surface area contributed by atoms with Gasteiger partial charge in [0.1, 0.15) is 11.8 Å². The topological polar surface area (TPSA) is 164 Å². The summed E-state index contributed by atoms with van der Waals surface area (Å²) in [5.41, 5.74) is -2.19. The van der Waals surface area contributed by atoms with E-state index in [2.05, 4.69) is 15.3 Å². The van der Waals surface area contributed by atoms with Crippen LogP contribution in [0.15, 0.2) is 24.1 Å². The average Bonchev–Trinajstić information content (AvgIpc) is 3.26. The van der Waals surface area contributed by atoms with Crippen molar-refractivity contribution in [2.45, 2.75) is 89.5 Å². The highest BCUT2D eigenvalue weighted by atomic mass is 16.5. The van der Waals surface area contributed by atoms with Crippen molar-refractivity contribution in [1.29, 1.82) is 5.26 Å². The van der Waals surface area contributed by atoms with Crippen molar-refractivity contribution in [3.8, 4) is 6.07 Å². The first-order chi connectivity index (χ1) is 17.5. The molecule has 0 saturated carbocycles. The van der Waals surface area contributed by atoms with E-state index in [1.807, 2.05) is 39.8 Å². The first-order valence-electron chi connectivity index (χ1n) is 12.8. The summed E-state index contributed by atoms with van der Waals surface area (Å²) in [5.74, 6) is -0.785. The number of ether oxygens (including phenoxy) is 1. The summed E-state index contributed by atoms with van der Waals surface area (Å²) >= 11 is 0. The number of amides is 1. The molecule has 4 rings (SSSR count). The molecule has 5 N–H and O–H groups in total. The van der Waals surface area contributed by atoms with Crippen molar-refractivity contribution < 1.29 is 24.9 Å². The van der Waals surface area contributed by atoms with Crippen LogP contribution < -0.4 is 5.32 Å². The number of nitrogens with one attached hydrogen (secondary N) is 2. The summed E-state index contributed by atoms with van der Waals surface area (Å²) in [6, 6.07) is 5.37. The van der Waals surface area contributed by atoms with Crippen molar-refractivity contribution in [2.75, 3.05) is 5.32 Å². The van der Waals surface area contributed by atoms with E-state index in [1.54, 1.807) is 19.9 Å². The van der Waals surface area contributed by atoms with E-state index < -0.39 is 34.1 Å². The highest BCUT2D eigenvalue weighted by Gasteiger charge is 2.51. The number of pyridine rings is 1. The second kappa shape index (κ2) is 9.22. The maximum Gasteiger partial charge on any atom is 0.291 e. The molecule has 1 aliphatic carbocycles. The molecule has 1 fully saturated rings. The van der Waals surface area contributed by atoms with Crippen molar-refractivity contribution in [2.24, 2.45) is 5.41 Å². The zero-order valence-corrected chi connectivity index (χ0v) is 23.0. The smallest absolute Gasteiger partial charge is 0.291 e. The van der Waals surface area contributed by atoms with Crippen LogP contribution in [0.5, 0.6) is 0 Å². The van der Waals surface area contributed by atoms with E-state index in [9.17, 15) is 20.1 Å². The Hall–Kier alpha value is -3.20. The highest BCUT2D eigenvalue weighted by molar-refractivity contribution is 6.23. The van der Waals surface area contributed by atoms with E-state index in [-0.39, 0.29) is 46.6 Å². The molecule has 2 unspecified atom stereocenters. The predicted octanol–water partition coefficient (Wildman–Crippen LogP) is 2.76. The first-order valence-corrected chi connectivity index (χ1v) is 12.8. The van der Waals surface area contributed by atoms with Gasteiger partial charge < -0.3 is 30.4 Å². The number of aromatic amines is 1. The van der Waals surface area contributed by atoms with Crippen molar-refractivity contribution in [1.82, 2.24) is 15.0 Å². The summed E-state index contributed by atoms with van der Waals surface area (Å²) in [5, 5.41) is 45.6. The maximum atomic E-state index is 13.0. The number of nitriles is 1. The third-order valence-electron chi connectivity index (χ3n) is 7.45. The molecule has 11 heteroatoms. The van der Waals surface area contributed by atoms with Gasteiger partial charge in [-0.2, -0.15) is 5.26 Å². The number of H-pyrrole nitrogens is 1. The van der Waals surface area contributed by atoms with E-state index in [0.29, 0.717) is 12.8 Å². The van der Waals surface area contributed by atoms with Crippen LogP contribution in [0.2, 0.25) is 0 Å². The number of carbonyl (C=O) groups excluding carboxylic acids is 1. The van der Waals surface area contributed by atoms with Crippen LogP contribution in [0.3, 0.4) is 0 Å². The number of imidazole rings is 1. The van der Waals surface area contributed by atoms with E-state index in [1.165, 1.54) is 14.0 Å². The van der Waals surface area contributed by atoms with Crippen LogP contribution in [-0.2, 0) is 4.74 Å². The number of aliphatic hydroxyl groups is 3. The van der Waals surface area contributed by atoms with Gasteiger partial charge in [-0.1, -0.05) is 13.8 Å². The lowest BCUT2D eigenvalue weighted by atomic mass is 9.58. The molecule has 202 valence electrons. The van der Waals surface area contributed by atoms with Crippen LogP contribution in [0, 0.1) is 16.7 Å². The molecular weight excluding hydrogens is 485 g/mol. The van der Waals surface area contributed by atoms with Gasteiger partial charge in [-0.15, -0.1) is 0 Å². The number of nitrogens with zero attached hydrogens (tertiary/aromatic N) is 3. The van der Waals surface area contributed by atoms with Gasteiger partial charge in [0.2, 0.25) is 0 Å². The normalized spacial score (nSPS) is 26.6. The molecule has 1 aliphatic heterocycles. The molecule has 2 aliphatic rings. The molecule has 0 aromatic carbocycles. The third kappa shape index (κ3) is 5.21. The quantitative estimate of drug-likeness (QED) is 0.383. The summed E-state index contributed by atoms with van der Waals surface area (Å²) in [7, 11) is 1.44. The number of hydrogen-bond donors (Lipinski definition) is 5. The fourth-order valence-corrected chi connectivity index (χ4v) is 6.15. The third-order valence-corrected chi connectivity index (χ3v) is 7.45. The molecule has 1 amide bonds. The molecule has 3 heterocycles. The minimum atomic E-state index is -1.86. The molecule has 0 radical (unpaired) electrons. The SMILES string of the molecule is BC1(O)C(c2nc(C3CC(C)(C)OC(C)(C)C3)ccc2NC(=O)c2nc(C#N)c[nH]2)=C(O)CC(C)(C)C1O. The fourth-order valence-electron chi connectivity index (χ4n) is 6.15. The summed E-state index contributed by atoms with van der Waals surface area (Å²) in [6.45, 7) is 11.7. The Morgan fingerprint density at radius 3 is 2.39 bits per heavy atom. The second-order valence-electron chi connectivity index (χ2n) is 12.6. The molecule has 2 atom stereocenters. The zero-order chi connectivity index (χ0) is 28.3. The zero-order valence-electron chi connectivity index (χ0n) is 23.0. The molecule has 2 aromatic heterocycles. The predicted molar refractivity (Wildman–Crippen MR) is 144 cm³/mol. The molecule has 38 heavy (non-hydrogen) atoms. The standard InChI is InChI=1S/C27H36BN5O5/c1-24(2)11-18(34)19(27(28,37)23(24)36)20-17(33-22(35)21-30-13-15(12-29)31-21)8-7-16(32-20)14-9-25(3,4)38-26(5,6)10-14/h7-8,13-14,23,34,36-37H,9-11,28H2,1-6H3,(H,30,31)(H,33,35). The second-order valence-corrected chi connectivity index (χ2v) is 12.6. The van der Waals surface area contributed by atoms with Crippen LogP contribution in [0.4, 0.5) is 5.69 Å². The molecular formula is C27H36BN5O5. The summed E-state index contributed by atoms with van der Waals surface area (Å²) in [4.78, 5) is 24.5. The number of carbonyl (C=O) groups is 1. The number of aromatic nitrogens is 3. The highest BCUT2D eigenvalue weighted by Crippen LogP contribution is 2.48. The minimum absolute atomic E-state index is 0.0122. The monoisotopic (exact) mass is 521 g/mol. The number of anilines is 1. The number of allylic oxidation sites excluding steroid dienone is 1. The lowest BCUT2D eigenvalue weighted by Crippen LogP contribution is -2.55. The van der Waals surface area contributed by atoms with Crippen LogP contribution in [0.25, 0.3) is 5.57 Å². The van der Waals surface area contributed by atoms with Gasteiger partial charge in [0.05, 0.1) is 34.2 Å². The Morgan fingerprint density at radius 1 is 1.18 bits per heavy atom. The fraction of sp³-hybridized carbons (Fsp3) is 0.556. The Morgan fingerprint density at radius 2 is 1.82 bits per heavy atom. The molecule has 10 nitrogen and oxygen atoms in total. The lowest BCUT2D eigenvalue weighted by Gasteiger charge is -2.46. The van der Waals surface area contributed by atoms with E-state index in [4.69, 9.17) is 15.0 Å². The van der Waals surface area contributed by atoms with Gasteiger partial charge in [-0.05, 0) is 52.7 Å². The Labute approximate surface area is 223 Å². The molecule has 0 bridgehead atoms. The van der Waals surface area contributed by atoms with E-state index >= 15 is 0 Å². The van der Waals surface area contributed by atoms with Crippen molar-refractivity contribution in [3.63, 3.8) is 0 Å². The Kier molecular flexibility index (Phi) is 6.75. The van der Waals surface area contributed by atoms with Gasteiger partial charge >= 0.3 is 0 Å². The van der Waals surface area contributed by atoms with Gasteiger partial charge in [-0.3, -0.25) is 9.78 Å². The Bertz CT molecular complexity index is 1320. The number of rotatable bonds is 4. The van der Waals surface area contributed by atoms with Crippen LogP contribution >= 0.6 is 0 Å². The summed E-state index contributed by atoms with van der Waals surface area (Å²) < 4.78 is 6.24. The van der Waals surface area contributed by atoms with Gasteiger partial charge in [0, 0.05) is 35.2 Å². The molecule has 1 saturated heterocycles. The molecule has 2 aromatic rings. The first kappa shape index (κ1) is 27.8. The maximum absolute atomic E-state index is 13.0. The van der Waals surface area contributed by atoms with Crippen molar-refractivity contribution in [3.05, 3.63) is 47.0 Å². The lowest BCUT2D eigenvalue weighted by molar-refractivity contribution is -0.162. The van der Waals surface area contributed by atoms with Gasteiger partial charge in [0.15, 0.2) is 19.4 Å². The van der Waals surface area contributed by atoms with Crippen LogP contribution in [0.1, 0.15) is 94.4 Å². The Balaban J connectivity index is 1.84. The minimum Gasteiger partial charge on any atom is -0.512 e. The van der Waals surface area contributed by atoms with Crippen LogP contribution in [-0.4, -0.2) is 66.8 Å². The van der Waals surface area contributed by atoms with Crippen molar-refractivity contribution >= 4 is 25.0 Å². The van der Waals surface area contributed by atoms with Gasteiger partial charge in [-0.25, -0.2) is 4.98 Å². The number of aliphatic hydroxyl groups excluding tert-OH is 2.